The molecule has 1 N–H and O–H groups in total. The Bertz CT molecular complexity index is 1200. The second-order valence-electron chi connectivity index (χ2n) is 9.71. The molecule has 0 heterocycles. The van der Waals surface area contributed by atoms with Crippen LogP contribution in [0.5, 0.6) is 11.5 Å². The van der Waals surface area contributed by atoms with Gasteiger partial charge in [-0.15, -0.1) is 5.54 Å². The van der Waals surface area contributed by atoms with E-state index in [1.165, 1.54) is 6.07 Å². The first-order valence-electron chi connectivity index (χ1n) is 11.8. The Balaban J connectivity index is 2.38. The van der Waals surface area contributed by atoms with E-state index in [9.17, 15) is 5.11 Å². The van der Waals surface area contributed by atoms with Crippen molar-refractivity contribution >= 4 is 18.8 Å². The molecule has 0 saturated carbocycles. The van der Waals surface area contributed by atoms with Crippen LogP contribution in [0.2, 0.25) is 16.6 Å². The molecule has 0 aromatic heterocycles. The lowest BCUT2D eigenvalue weighted by atomic mass is 9.93. The van der Waals surface area contributed by atoms with E-state index in [4.69, 9.17) is 9.47 Å². The van der Waals surface area contributed by atoms with Gasteiger partial charge in [-0.1, -0.05) is 71.7 Å². The zero-order chi connectivity index (χ0) is 25.0. The van der Waals surface area contributed by atoms with E-state index in [0.717, 1.165) is 5.39 Å². The van der Waals surface area contributed by atoms with E-state index in [2.05, 4.69) is 53.0 Å². The standard InChI is InChI=1S/C29H35FO3Si/c1-19(2)34(20(3)4,21(5)6)15-14-25-27(30)13-12-22-16-23(33-18-32-7)17-26(29(22)25)24-10-8-9-11-28(24)31/h8-13,16-17,19-21,31H,18H2,1-7H3. The van der Waals surface area contributed by atoms with E-state index in [1.54, 1.807) is 25.3 Å². The minimum absolute atomic E-state index is 0.0882. The molecule has 0 spiro atoms. The molecule has 0 bridgehead atoms. The Morgan fingerprint density at radius 1 is 0.912 bits per heavy atom. The van der Waals surface area contributed by atoms with E-state index in [-0.39, 0.29) is 18.4 Å². The predicted octanol–water partition coefficient (Wildman–Crippen LogP) is 7.90. The minimum atomic E-state index is -2.08. The summed E-state index contributed by atoms with van der Waals surface area (Å²) in [6, 6.07) is 13.9. The van der Waals surface area contributed by atoms with Crippen LogP contribution in [0.1, 0.15) is 47.1 Å². The lowest BCUT2D eigenvalue weighted by molar-refractivity contribution is 0.0512. The molecule has 3 aromatic carbocycles. The molecule has 0 amide bonds. The van der Waals surface area contributed by atoms with Gasteiger partial charge in [0.25, 0.3) is 0 Å². The van der Waals surface area contributed by atoms with Crippen molar-refractivity contribution in [2.45, 2.75) is 58.2 Å². The molecule has 0 aliphatic heterocycles. The van der Waals surface area contributed by atoms with Crippen molar-refractivity contribution in [1.29, 1.82) is 0 Å². The van der Waals surface area contributed by atoms with Gasteiger partial charge in [0.2, 0.25) is 0 Å². The molecule has 0 unspecified atom stereocenters. The van der Waals surface area contributed by atoms with Gasteiger partial charge >= 0.3 is 0 Å². The summed E-state index contributed by atoms with van der Waals surface area (Å²) in [5.41, 5.74) is 6.61. The van der Waals surface area contributed by atoms with Crippen LogP contribution in [0.25, 0.3) is 21.9 Å². The first kappa shape index (κ1) is 25.8. The molecule has 0 aliphatic rings. The molecule has 0 radical (unpaired) electrons. The molecule has 3 nitrogen and oxygen atoms in total. The van der Waals surface area contributed by atoms with Gasteiger partial charge in [0, 0.05) is 18.1 Å². The number of benzene rings is 3. The quantitative estimate of drug-likeness (QED) is 0.213. The third kappa shape index (κ3) is 4.84. The lowest BCUT2D eigenvalue weighted by Crippen LogP contribution is -2.43. The van der Waals surface area contributed by atoms with Gasteiger partial charge in [-0.2, -0.15) is 0 Å². The van der Waals surface area contributed by atoms with Gasteiger partial charge in [-0.05, 0) is 51.8 Å². The molecule has 0 aliphatic carbocycles. The molecule has 34 heavy (non-hydrogen) atoms. The van der Waals surface area contributed by atoms with Gasteiger partial charge in [-0.3, -0.25) is 0 Å². The molecule has 3 rings (SSSR count). The summed E-state index contributed by atoms with van der Waals surface area (Å²) in [5, 5.41) is 12.1. The van der Waals surface area contributed by atoms with Gasteiger partial charge in [0.15, 0.2) is 6.79 Å². The number of phenols is 1. The number of hydrogen-bond acceptors (Lipinski definition) is 3. The molecule has 0 fully saturated rings. The summed E-state index contributed by atoms with van der Waals surface area (Å²) in [4.78, 5) is 0. The monoisotopic (exact) mass is 478 g/mol. The predicted molar refractivity (Wildman–Crippen MR) is 141 cm³/mol. The Morgan fingerprint density at radius 2 is 1.56 bits per heavy atom. The maximum atomic E-state index is 15.4. The number of ether oxygens (including phenoxy) is 2. The number of fused-ring (bicyclic) bond motifs is 1. The Kier molecular flexibility index (Phi) is 8.07. The highest BCUT2D eigenvalue weighted by molar-refractivity contribution is 6.90. The Morgan fingerprint density at radius 3 is 2.15 bits per heavy atom. The van der Waals surface area contributed by atoms with E-state index in [1.807, 2.05) is 24.3 Å². The number of rotatable bonds is 7. The van der Waals surface area contributed by atoms with Crippen LogP contribution in [0, 0.1) is 17.3 Å². The number of methoxy groups -OCH3 is 1. The number of aromatic hydroxyl groups is 1. The van der Waals surface area contributed by atoms with Gasteiger partial charge in [0.1, 0.15) is 25.4 Å². The summed E-state index contributed by atoms with van der Waals surface area (Å²) in [7, 11) is -0.517. The van der Waals surface area contributed by atoms with Crippen molar-refractivity contribution in [3.63, 3.8) is 0 Å². The highest BCUT2D eigenvalue weighted by Crippen LogP contribution is 2.42. The van der Waals surface area contributed by atoms with E-state index in [0.29, 0.717) is 44.4 Å². The average molecular weight is 479 g/mol. The fraction of sp³-hybridized carbons (Fsp3) is 0.379. The number of phenolic OH excluding ortho intramolecular Hbond substituents is 1. The molecule has 0 saturated heterocycles. The summed E-state index contributed by atoms with van der Waals surface area (Å²) >= 11 is 0. The van der Waals surface area contributed by atoms with Crippen LogP contribution in [0.3, 0.4) is 0 Å². The second-order valence-corrected chi connectivity index (χ2v) is 15.3. The normalized spacial score (nSPS) is 11.9. The minimum Gasteiger partial charge on any atom is -0.507 e. The second kappa shape index (κ2) is 10.6. The summed E-state index contributed by atoms with van der Waals surface area (Å²) in [6.45, 7) is 13.5. The highest BCUT2D eigenvalue weighted by atomic mass is 28.3. The molecular weight excluding hydrogens is 443 g/mol. The van der Waals surface area contributed by atoms with E-state index >= 15 is 4.39 Å². The van der Waals surface area contributed by atoms with Crippen molar-refractivity contribution in [3.05, 3.63) is 59.9 Å². The molecule has 180 valence electrons. The molecule has 3 aromatic rings. The summed E-state index contributed by atoms with van der Waals surface area (Å²) in [5.74, 6) is 3.66. The van der Waals surface area contributed by atoms with Crippen LogP contribution in [0.15, 0.2) is 48.5 Å². The fourth-order valence-corrected chi connectivity index (χ4v) is 10.5. The van der Waals surface area contributed by atoms with Crippen molar-refractivity contribution in [2.75, 3.05) is 13.9 Å². The summed E-state index contributed by atoms with van der Waals surface area (Å²) < 4.78 is 26.2. The van der Waals surface area contributed by atoms with Crippen molar-refractivity contribution < 1.29 is 19.0 Å². The topological polar surface area (TPSA) is 38.7 Å². The van der Waals surface area contributed by atoms with E-state index < -0.39 is 8.07 Å². The molecule has 0 atom stereocenters. The smallest absolute Gasteiger partial charge is 0.188 e. The molecule has 5 heteroatoms. The summed E-state index contributed by atoms with van der Waals surface area (Å²) in [6.07, 6.45) is 0. The zero-order valence-electron chi connectivity index (χ0n) is 21.2. The Hall–Kier alpha value is -2.81. The SMILES string of the molecule is COCOc1cc(-c2ccccc2O)c2c(C#C[Si](C(C)C)(C(C)C)C(C)C)c(F)ccc2c1. The third-order valence-corrected chi connectivity index (χ3v) is 13.1. The fourth-order valence-electron chi connectivity index (χ4n) is 5.26. The number of para-hydroxylation sites is 1. The lowest BCUT2D eigenvalue weighted by Gasteiger charge is -2.38. The van der Waals surface area contributed by atoms with Gasteiger partial charge < -0.3 is 14.6 Å². The Labute approximate surface area is 203 Å². The third-order valence-electron chi connectivity index (χ3n) is 6.85. The van der Waals surface area contributed by atoms with Crippen LogP contribution in [-0.2, 0) is 4.74 Å². The first-order valence-corrected chi connectivity index (χ1v) is 14.1. The van der Waals surface area contributed by atoms with Gasteiger partial charge in [0.05, 0.1) is 5.56 Å². The first-order chi connectivity index (χ1) is 16.1. The van der Waals surface area contributed by atoms with Crippen LogP contribution in [-0.4, -0.2) is 27.1 Å². The number of hydrogen-bond donors (Lipinski definition) is 1. The average Bonchev–Trinajstić information content (AvgIpc) is 2.78. The van der Waals surface area contributed by atoms with Crippen molar-refractivity contribution in [1.82, 2.24) is 0 Å². The zero-order valence-corrected chi connectivity index (χ0v) is 22.2. The van der Waals surface area contributed by atoms with Crippen molar-refractivity contribution in [2.24, 2.45) is 0 Å². The van der Waals surface area contributed by atoms with Crippen LogP contribution >= 0.6 is 0 Å². The highest BCUT2D eigenvalue weighted by Gasteiger charge is 2.41. The largest absolute Gasteiger partial charge is 0.507 e. The maximum Gasteiger partial charge on any atom is 0.188 e. The van der Waals surface area contributed by atoms with Crippen molar-refractivity contribution in [3.8, 4) is 34.1 Å². The van der Waals surface area contributed by atoms with Gasteiger partial charge in [-0.25, -0.2) is 4.39 Å². The molecular formula is C29H35FO3Si. The van der Waals surface area contributed by atoms with Crippen LogP contribution in [0.4, 0.5) is 4.39 Å². The number of halogens is 1. The maximum absolute atomic E-state index is 15.4. The van der Waals surface area contributed by atoms with Crippen LogP contribution < -0.4 is 4.74 Å².